The number of rotatable bonds is 3. The second-order valence-corrected chi connectivity index (χ2v) is 2.67. The molecule has 0 radical (unpaired) electrons. The normalized spacial score (nSPS) is 12.5. The average molecular weight is 150 g/mol. The Morgan fingerprint density at radius 1 is 1.55 bits per heavy atom. The van der Waals surface area contributed by atoms with Crippen molar-refractivity contribution in [2.45, 2.75) is 26.3 Å². The summed E-state index contributed by atoms with van der Waals surface area (Å²) in [4.78, 5) is 4.16. The van der Waals surface area contributed by atoms with Crippen LogP contribution in [0.3, 0.4) is 0 Å². The Balaban J connectivity index is 2.51. The summed E-state index contributed by atoms with van der Waals surface area (Å²) >= 11 is 0. The Hall–Kier alpha value is -1.05. The van der Waals surface area contributed by atoms with E-state index in [2.05, 4.69) is 24.1 Å². The predicted octanol–water partition coefficient (Wildman–Crippen LogP) is 2.29. The molecule has 2 nitrogen and oxygen atoms in total. The van der Waals surface area contributed by atoms with E-state index in [1.807, 2.05) is 18.2 Å². The Kier molecular flexibility index (Phi) is 2.90. The fourth-order valence-corrected chi connectivity index (χ4v) is 0.803. The molecule has 0 spiro atoms. The number of hydrogen-bond acceptors (Lipinski definition) is 2. The summed E-state index contributed by atoms with van der Waals surface area (Å²) in [6, 6.07) is 6.39. The number of anilines is 1. The van der Waals surface area contributed by atoms with Crippen LogP contribution >= 0.6 is 0 Å². The summed E-state index contributed by atoms with van der Waals surface area (Å²) in [5.74, 6) is 0.960. The monoisotopic (exact) mass is 150 g/mol. The lowest BCUT2D eigenvalue weighted by molar-refractivity contribution is 0.759. The largest absolute Gasteiger partial charge is 0.368 e. The molecule has 0 saturated carbocycles. The van der Waals surface area contributed by atoms with E-state index in [1.165, 1.54) is 0 Å². The average Bonchev–Trinajstić information content (AvgIpc) is 2.06. The summed E-state index contributed by atoms with van der Waals surface area (Å²) in [5, 5.41) is 3.28. The molecule has 0 aliphatic rings. The van der Waals surface area contributed by atoms with E-state index >= 15 is 0 Å². The zero-order valence-electron chi connectivity index (χ0n) is 7.04. The van der Waals surface area contributed by atoms with Crippen LogP contribution < -0.4 is 5.32 Å². The molecule has 0 saturated heterocycles. The fourth-order valence-electron chi connectivity index (χ4n) is 0.803. The third kappa shape index (κ3) is 2.58. The minimum Gasteiger partial charge on any atom is -0.368 e. The number of pyridine rings is 1. The lowest BCUT2D eigenvalue weighted by Crippen LogP contribution is -2.13. The van der Waals surface area contributed by atoms with Gasteiger partial charge < -0.3 is 5.32 Å². The molecule has 0 aromatic carbocycles. The maximum atomic E-state index is 4.16. The number of aromatic nitrogens is 1. The molecule has 1 aromatic heterocycles. The van der Waals surface area contributed by atoms with Gasteiger partial charge in [-0.05, 0) is 25.5 Å². The van der Waals surface area contributed by atoms with E-state index in [0.29, 0.717) is 6.04 Å². The second-order valence-electron chi connectivity index (χ2n) is 2.67. The van der Waals surface area contributed by atoms with Gasteiger partial charge >= 0.3 is 0 Å². The first-order valence-electron chi connectivity index (χ1n) is 4.00. The molecule has 1 heterocycles. The van der Waals surface area contributed by atoms with Crippen LogP contribution in [0.25, 0.3) is 0 Å². The van der Waals surface area contributed by atoms with Crippen LogP contribution in [0.15, 0.2) is 24.4 Å². The van der Waals surface area contributed by atoms with Gasteiger partial charge in [-0.3, -0.25) is 0 Å². The fraction of sp³-hybridized carbons (Fsp3) is 0.444. The highest BCUT2D eigenvalue weighted by atomic mass is 15.0. The third-order valence-corrected chi connectivity index (χ3v) is 1.67. The van der Waals surface area contributed by atoms with Crippen LogP contribution in [0.5, 0.6) is 0 Å². The van der Waals surface area contributed by atoms with Crippen LogP contribution in [-0.4, -0.2) is 11.0 Å². The molecule has 0 bridgehead atoms. The van der Waals surface area contributed by atoms with E-state index in [1.54, 1.807) is 6.20 Å². The molecule has 1 atom stereocenters. The molecule has 0 amide bonds. The Morgan fingerprint density at radius 2 is 2.36 bits per heavy atom. The van der Waals surface area contributed by atoms with Crippen molar-refractivity contribution in [2.75, 3.05) is 5.32 Å². The van der Waals surface area contributed by atoms with Gasteiger partial charge in [0.1, 0.15) is 5.82 Å². The summed E-state index contributed by atoms with van der Waals surface area (Å²) in [6.45, 7) is 4.30. The smallest absolute Gasteiger partial charge is 0.126 e. The number of hydrogen-bond donors (Lipinski definition) is 1. The van der Waals surface area contributed by atoms with Gasteiger partial charge in [-0.2, -0.15) is 0 Å². The Morgan fingerprint density at radius 3 is 2.91 bits per heavy atom. The van der Waals surface area contributed by atoms with Crippen LogP contribution in [-0.2, 0) is 0 Å². The molecule has 1 unspecified atom stereocenters. The summed E-state index contributed by atoms with van der Waals surface area (Å²) in [5.41, 5.74) is 0. The van der Waals surface area contributed by atoms with Crippen molar-refractivity contribution >= 4 is 5.82 Å². The molecule has 0 fully saturated rings. The van der Waals surface area contributed by atoms with E-state index < -0.39 is 0 Å². The molecule has 1 N–H and O–H groups in total. The van der Waals surface area contributed by atoms with Crippen molar-refractivity contribution in [3.8, 4) is 0 Å². The summed E-state index contributed by atoms with van der Waals surface area (Å²) in [7, 11) is 0. The molecular weight excluding hydrogens is 136 g/mol. The van der Waals surface area contributed by atoms with Crippen LogP contribution in [0.4, 0.5) is 5.82 Å². The quantitative estimate of drug-likeness (QED) is 0.715. The van der Waals surface area contributed by atoms with E-state index in [-0.39, 0.29) is 0 Å². The van der Waals surface area contributed by atoms with Crippen molar-refractivity contribution in [2.24, 2.45) is 0 Å². The lowest BCUT2D eigenvalue weighted by Gasteiger charge is -2.10. The van der Waals surface area contributed by atoms with Gasteiger partial charge in [-0.25, -0.2) is 4.98 Å². The minimum absolute atomic E-state index is 0.505. The van der Waals surface area contributed by atoms with Gasteiger partial charge in [0.2, 0.25) is 0 Å². The van der Waals surface area contributed by atoms with Gasteiger partial charge in [0.25, 0.3) is 0 Å². The van der Waals surface area contributed by atoms with E-state index in [9.17, 15) is 0 Å². The number of nitrogens with one attached hydrogen (secondary N) is 1. The van der Waals surface area contributed by atoms with Gasteiger partial charge in [-0.15, -0.1) is 0 Å². The van der Waals surface area contributed by atoms with Gasteiger partial charge in [0.05, 0.1) is 0 Å². The molecule has 0 aliphatic heterocycles. The van der Waals surface area contributed by atoms with Crippen molar-refractivity contribution in [3.05, 3.63) is 24.4 Å². The van der Waals surface area contributed by atoms with E-state index in [4.69, 9.17) is 0 Å². The summed E-state index contributed by atoms with van der Waals surface area (Å²) < 4.78 is 0. The summed E-state index contributed by atoms with van der Waals surface area (Å²) in [6.07, 6.45) is 2.92. The van der Waals surface area contributed by atoms with Crippen LogP contribution in [0.2, 0.25) is 0 Å². The lowest BCUT2D eigenvalue weighted by atomic mass is 10.2. The zero-order chi connectivity index (χ0) is 8.10. The Bertz CT molecular complexity index is 196. The Labute approximate surface area is 67.7 Å². The SMILES string of the molecule is CCC(C)Nc1ccccn1. The second kappa shape index (κ2) is 3.96. The molecular formula is C9H14N2. The van der Waals surface area contributed by atoms with Crippen molar-refractivity contribution in [3.63, 3.8) is 0 Å². The predicted molar refractivity (Wildman–Crippen MR) is 47.6 cm³/mol. The molecule has 2 heteroatoms. The van der Waals surface area contributed by atoms with Crippen LogP contribution in [0.1, 0.15) is 20.3 Å². The van der Waals surface area contributed by atoms with Crippen molar-refractivity contribution < 1.29 is 0 Å². The number of nitrogens with zero attached hydrogens (tertiary/aromatic N) is 1. The van der Waals surface area contributed by atoms with E-state index in [0.717, 1.165) is 12.2 Å². The molecule has 11 heavy (non-hydrogen) atoms. The highest BCUT2D eigenvalue weighted by molar-refractivity contribution is 5.33. The third-order valence-electron chi connectivity index (χ3n) is 1.67. The molecule has 0 aliphatic carbocycles. The van der Waals surface area contributed by atoms with Crippen molar-refractivity contribution in [1.82, 2.24) is 4.98 Å². The first-order chi connectivity index (χ1) is 5.33. The topological polar surface area (TPSA) is 24.9 Å². The maximum absolute atomic E-state index is 4.16. The van der Waals surface area contributed by atoms with Crippen molar-refractivity contribution in [1.29, 1.82) is 0 Å². The standard InChI is InChI=1S/C9H14N2/c1-3-8(2)11-9-6-4-5-7-10-9/h4-8H,3H2,1-2H3,(H,10,11). The zero-order valence-corrected chi connectivity index (χ0v) is 7.04. The van der Waals surface area contributed by atoms with Gasteiger partial charge in [0.15, 0.2) is 0 Å². The first kappa shape index (κ1) is 8.05. The first-order valence-corrected chi connectivity index (χ1v) is 4.00. The molecule has 1 rings (SSSR count). The maximum Gasteiger partial charge on any atom is 0.126 e. The van der Waals surface area contributed by atoms with Gasteiger partial charge in [0, 0.05) is 12.2 Å². The molecule has 60 valence electrons. The highest BCUT2D eigenvalue weighted by Gasteiger charge is 1.96. The van der Waals surface area contributed by atoms with Gasteiger partial charge in [-0.1, -0.05) is 13.0 Å². The van der Waals surface area contributed by atoms with Crippen LogP contribution in [0, 0.1) is 0 Å². The molecule has 1 aromatic rings. The highest BCUT2D eigenvalue weighted by Crippen LogP contribution is 2.03. The minimum atomic E-state index is 0.505.